The van der Waals surface area contributed by atoms with E-state index in [0.29, 0.717) is 12.8 Å². The van der Waals surface area contributed by atoms with Crippen LogP contribution in [0.2, 0.25) is 0 Å². The van der Waals surface area contributed by atoms with Crippen LogP contribution in [0.1, 0.15) is 75.6 Å². The zero-order valence-electron chi connectivity index (χ0n) is 19.2. The first-order valence-electron chi connectivity index (χ1n) is 11.6. The summed E-state index contributed by atoms with van der Waals surface area (Å²) in [5, 5.41) is 1.90. The van der Waals surface area contributed by atoms with E-state index < -0.39 is 52.2 Å². The van der Waals surface area contributed by atoms with Gasteiger partial charge in [0.05, 0.1) is 5.57 Å². The quantitative estimate of drug-likeness (QED) is 0.486. The molecule has 0 aromatic heterocycles. The fraction of sp³-hybridized carbons (Fsp3) is 0.560. The molecular weight excluding hydrogens is 452 g/mol. The maximum Gasteiger partial charge on any atom is 0.425 e. The van der Waals surface area contributed by atoms with Gasteiger partial charge in [-0.1, -0.05) is 39.5 Å². The van der Waals surface area contributed by atoms with Crippen molar-refractivity contribution in [2.45, 2.75) is 83.0 Å². The second-order valence-corrected chi connectivity index (χ2v) is 10.3. The summed E-state index contributed by atoms with van der Waals surface area (Å²) >= 11 is 0. The molecule has 0 bridgehead atoms. The minimum Gasteiger partial charge on any atom is -0.326 e. The molecule has 1 saturated carbocycles. The first kappa shape index (κ1) is 24.4. The maximum absolute atomic E-state index is 14.9. The molecular formula is C25H28F4N2O3. The number of ketones is 1. The number of hydrogen-bond acceptors (Lipinski definition) is 3. The van der Waals surface area contributed by atoms with Crippen molar-refractivity contribution >= 4 is 17.6 Å². The Kier molecular flexibility index (Phi) is 6.10. The number of rotatable bonds is 3. The molecule has 3 aliphatic rings. The summed E-state index contributed by atoms with van der Waals surface area (Å²) in [6, 6.07) is 3.51. The van der Waals surface area contributed by atoms with Gasteiger partial charge in [0.15, 0.2) is 5.78 Å². The van der Waals surface area contributed by atoms with Gasteiger partial charge < -0.3 is 10.2 Å². The number of hydrogen-bond donors (Lipinski definition) is 1. The van der Waals surface area contributed by atoms with E-state index in [-0.39, 0.29) is 24.1 Å². The molecule has 1 N–H and O–H groups in total. The monoisotopic (exact) mass is 480 g/mol. The summed E-state index contributed by atoms with van der Waals surface area (Å²) in [5.41, 5.74) is -4.91. The van der Waals surface area contributed by atoms with E-state index in [1.807, 2.05) is 5.32 Å². The average Bonchev–Trinajstić information content (AvgIpc) is 2.88. The molecule has 184 valence electrons. The summed E-state index contributed by atoms with van der Waals surface area (Å²) in [4.78, 5) is 41.1. The highest BCUT2D eigenvalue weighted by Gasteiger charge is 2.72. The number of benzene rings is 1. The lowest BCUT2D eigenvalue weighted by Gasteiger charge is -2.36. The Hall–Kier alpha value is -2.71. The standard InChI is InChI=1S/C25H28F4N2O3/c1-23(2)13-18-20(19(32)14-23)24(25(27,28)29,30-21(33)15-9-11-16(26)12-10-15)22(34)31(18)17-7-5-3-4-6-8-17/h9-12,17H,3-8,13-14H2,1-2H3,(H,30,33)/t24-/m0/s1. The van der Waals surface area contributed by atoms with E-state index in [4.69, 9.17) is 0 Å². The van der Waals surface area contributed by atoms with Gasteiger partial charge in [-0.2, -0.15) is 13.2 Å². The number of alkyl halides is 3. The van der Waals surface area contributed by atoms with Crippen LogP contribution in [0.5, 0.6) is 0 Å². The predicted octanol–water partition coefficient (Wildman–Crippen LogP) is 5.06. The largest absolute Gasteiger partial charge is 0.425 e. The molecule has 0 spiro atoms. The molecule has 4 rings (SSSR count). The van der Waals surface area contributed by atoms with Crippen molar-refractivity contribution in [1.82, 2.24) is 10.2 Å². The molecule has 0 radical (unpaired) electrons. The van der Waals surface area contributed by atoms with Crippen molar-refractivity contribution < 1.29 is 31.9 Å². The highest BCUT2D eigenvalue weighted by atomic mass is 19.4. The molecule has 34 heavy (non-hydrogen) atoms. The number of carbonyl (C=O) groups is 3. The summed E-state index contributed by atoms with van der Waals surface area (Å²) in [7, 11) is 0. The van der Waals surface area contributed by atoms with Crippen molar-refractivity contribution in [3.8, 4) is 0 Å². The van der Waals surface area contributed by atoms with E-state index in [1.165, 1.54) is 4.90 Å². The number of allylic oxidation sites excluding steroid dienone is 1. The Morgan fingerprint density at radius 3 is 2.15 bits per heavy atom. The molecule has 1 fully saturated rings. The van der Waals surface area contributed by atoms with Crippen LogP contribution in [0.15, 0.2) is 35.5 Å². The predicted molar refractivity (Wildman–Crippen MR) is 116 cm³/mol. The highest BCUT2D eigenvalue weighted by molar-refractivity contribution is 6.14. The molecule has 1 aromatic carbocycles. The van der Waals surface area contributed by atoms with Crippen LogP contribution >= 0.6 is 0 Å². The van der Waals surface area contributed by atoms with E-state index in [2.05, 4.69) is 0 Å². The summed E-state index contributed by atoms with van der Waals surface area (Å²) < 4.78 is 57.9. The van der Waals surface area contributed by atoms with E-state index >= 15 is 0 Å². The molecule has 1 aliphatic heterocycles. The molecule has 1 aromatic rings. The van der Waals surface area contributed by atoms with Crippen molar-refractivity contribution in [1.29, 1.82) is 0 Å². The number of nitrogens with zero attached hydrogens (tertiary/aromatic N) is 1. The molecule has 2 aliphatic carbocycles. The van der Waals surface area contributed by atoms with E-state index in [0.717, 1.165) is 49.9 Å². The third-order valence-electron chi connectivity index (χ3n) is 7.08. The van der Waals surface area contributed by atoms with Crippen LogP contribution in [0, 0.1) is 11.2 Å². The third kappa shape index (κ3) is 4.03. The number of Topliss-reactive ketones (excluding diaryl/α,β-unsaturated/α-hetero) is 1. The van der Waals surface area contributed by atoms with Gasteiger partial charge in [-0.25, -0.2) is 4.39 Å². The summed E-state index contributed by atoms with van der Waals surface area (Å²) in [6.07, 6.45) is -0.806. The Labute approximate surface area is 195 Å². The van der Waals surface area contributed by atoms with Gasteiger partial charge in [0, 0.05) is 23.7 Å². The van der Waals surface area contributed by atoms with Crippen LogP contribution in [-0.4, -0.2) is 40.3 Å². The van der Waals surface area contributed by atoms with Crippen LogP contribution in [0.3, 0.4) is 0 Å². The van der Waals surface area contributed by atoms with Crippen molar-refractivity contribution in [2.24, 2.45) is 5.41 Å². The minimum absolute atomic E-state index is 0.0786. The van der Waals surface area contributed by atoms with Gasteiger partial charge in [0.1, 0.15) is 5.82 Å². The summed E-state index contributed by atoms with van der Waals surface area (Å²) in [5.74, 6) is -3.96. The van der Waals surface area contributed by atoms with Gasteiger partial charge in [-0.3, -0.25) is 14.4 Å². The zero-order valence-corrected chi connectivity index (χ0v) is 19.2. The van der Waals surface area contributed by atoms with Gasteiger partial charge in [-0.15, -0.1) is 0 Å². The summed E-state index contributed by atoms with van der Waals surface area (Å²) in [6.45, 7) is 3.57. The second kappa shape index (κ2) is 8.50. The molecule has 5 nitrogen and oxygen atoms in total. The molecule has 1 atom stereocenters. The number of amides is 2. The fourth-order valence-electron chi connectivity index (χ4n) is 5.53. The maximum atomic E-state index is 14.9. The number of nitrogens with one attached hydrogen (secondary N) is 1. The van der Waals surface area contributed by atoms with E-state index in [1.54, 1.807) is 13.8 Å². The molecule has 0 saturated heterocycles. The zero-order chi connectivity index (χ0) is 24.9. The molecule has 1 heterocycles. The third-order valence-corrected chi connectivity index (χ3v) is 7.08. The smallest absolute Gasteiger partial charge is 0.326 e. The van der Waals surface area contributed by atoms with Crippen LogP contribution < -0.4 is 5.32 Å². The first-order valence-corrected chi connectivity index (χ1v) is 11.6. The van der Waals surface area contributed by atoms with Crippen LogP contribution in [-0.2, 0) is 9.59 Å². The fourth-order valence-corrected chi connectivity index (χ4v) is 5.53. The number of carbonyl (C=O) groups excluding carboxylic acids is 3. The van der Waals surface area contributed by atoms with Gasteiger partial charge >= 0.3 is 6.18 Å². The normalized spacial score (nSPS) is 25.9. The molecule has 2 amide bonds. The van der Waals surface area contributed by atoms with E-state index in [9.17, 15) is 31.9 Å². The lowest BCUT2D eigenvalue weighted by Crippen LogP contribution is -2.66. The molecule has 9 heteroatoms. The number of halogens is 4. The lowest BCUT2D eigenvalue weighted by molar-refractivity contribution is -0.191. The van der Waals surface area contributed by atoms with Crippen molar-refractivity contribution in [3.63, 3.8) is 0 Å². The highest BCUT2D eigenvalue weighted by Crippen LogP contribution is 2.53. The Morgan fingerprint density at radius 2 is 1.59 bits per heavy atom. The van der Waals surface area contributed by atoms with Crippen LogP contribution in [0.25, 0.3) is 0 Å². The second-order valence-electron chi connectivity index (χ2n) is 10.3. The topological polar surface area (TPSA) is 66.5 Å². The Bertz CT molecular complexity index is 1040. The van der Waals surface area contributed by atoms with Crippen LogP contribution in [0.4, 0.5) is 17.6 Å². The first-order chi connectivity index (χ1) is 15.9. The lowest BCUT2D eigenvalue weighted by atomic mass is 9.72. The van der Waals surface area contributed by atoms with Gasteiger partial charge in [0.2, 0.25) is 5.54 Å². The average molecular weight is 481 g/mol. The minimum atomic E-state index is -5.25. The Balaban J connectivity index is 1.86. The van der Waals surface area contributed by atoms with Gasteiger partial charge in [-0.05, 0) is 48.9 Å². The Morgan fingerprint density at radius 1 is 1.00 bits per heavy atom. The molecule has 0 unspecified atom stereocenters. The van der Waals surface area contributed by atoms with Crippen molar-refractivity contribution in [2.75, 3.05) is 0 Å². The SMILES string of the molecule is CC1(C)CC(=O)C2=C(C1)N(C1CCCCCC1)C(=O)[C@]2(NC(=O)c1ccc(F)cc1)C(F)(F)F. The van der Waals surface area contributed by atoms with Gasteiger partial charge in [0.25, 0.3) is 11.8 Å². The van der Waals surface area contributed by atoms with Crippen molar-refractivity contribution in [3.05, 3.63) is 46.9 Å².